The second-order valence-electron chi connectivity index (χ2n) is 2.25. The lowest BCUT2D eigenvalue weighted by atomic mass is 10.2. The molecule has 6 heteroatoms. The Morgan fingerprint density at radius 1 is 1.54 bits per heavy atom. The van der Waals surface area contributed by atoms with Crippen LogP contribution in [0.4, 0.5) is 8.78 Å². The summed E-state index contributed by atoms with van der Waals surface area (Å²) in [7, 11) is 0. The monoisotopic (exact) mass is 315 g/mol. The van der Waals surface area contributed by atoms with Crippen LogP contribution in [0.25, 0.3) is 0 Å². The summed E-state index contributed by atoms with van der Waals surface area (Å²) in [6, 6.07) is 0. The van der Waals surface area contributed by atoms with Gasteiger partial charge in [0.15, 0.2) is 0 Å². The van der Waals surface area contributed by atoms with Gasteiger partial charge in [0.1, 0.15) is 5.75 Å². The summed E-state index contributed by atoms with van der Waals surface area (Å²) >= 11 is 5.92. The van der Waals surface area contributed by atoms with E-state index in [0.717, 1.165) is 6.20 Å². The zero-order valence-corrected chi connectivity index (χ0v) is 9.44. The Morgan fingerprint density at radius 2 is 2.15 bits per heavy atom. The molecule has 72 valence electrons. The second kappa shape index (κ2) is 4.32. The molecule has 0 saturated carbocycles. The fourth-order valence-corrected chi connectivity index (χ4v) is 1.81. The third-order valence-electron chi connectivity index (χ3n) is 1.46. The van der Waals surface area contributed by atoms with Crippen LogP contribution in [0.1, 0.15) is 17.7 Å². The number of hydrogen-bond donors (Lipinski definition) is 1. The van der Waals surface area contributed by atoms with Gasteiger partial charge in [0.05, 0.1) is 21.9 Å². The molecular formula is C7H5Br2F2NO. The lowest BCUT2D eigenvalue weighted by Crippen LogP contribution is -1.97. The van der Waals surface area contributed by atoms with E-state index in [9.17, 15) is 8.78 Å². The molecule has 0 bridgehead atoms. The fraction of sp³-hybridized carbons (Fsp3) is 0.286. The summed E-state index contributed by atoms with van der Waals surface area (Å²) in [4.78, 5) is 3.67. The van der Waals surface area contributed by atoms with E-state index in [1.165, 1.54) is 0 Å². The first-order valence-electron chi connectivity index (χ1n) is 3.28. The Kier molecular flexibility index (Phi) is 3.61. The Morgan fingerprint density at radius 3 is 2.62 bits per heavy atom. The average molecular weight is 317 g/mol. The van der Waals surface area contributed by atoms with Crippen LogP contribution in [0, 0.1) is 0 Å². The normalized spacial score (nSPS) is 10.8. The lowest BCUT2D eigenvalue weighted by Gasteiger charge is -2.08. The SMILES string of the molecule is Oc1cnc(CBr)c(C(F)F)c1Br. The van der Waals surface area contributed by atoms with Crippen molar-refractivity contribution in [2.24, 2.45) is 0 Å². The number of alkyl halides is 3. The molecule has 0 fully saturated rings. The van der Waals surface area contributed by atoms with E-state index >= 15 is 0 Å². The van der Waals surface area contributed by atoms with Gasteiger partial charge in [-0.2, -0.15) is 0 Å². The van der Waals surface area contributed by atoms with Gasteiger partial charge in [0, 0.05) is 5.33 Å². The van der Waals surface area contributed by atoms with Gasteiger partial charge in [-0.05, 0) is 15.9 Å². The molecule has 0 unspecified atom stereocenters. The summed E-state index contributed by atoms with van der Waals surface area (Å²) in [6.45, 7) is 0. The van der Waals surface area contributed by atoms with Gasteiger partial charge in [-0.25, -0.2) is 8.78 Å². The predicted octanol–water partition coefficient (Wildman–Crippen LogP) is 3.38. The largest absolute Gasteiger partial charge is 0.505 e. The van der Waals surface area contributed by atoms with Crippen molar-refractivity contribution in [1.82, 2.24) is 4.98 Å². The van der Waals surface area contributed by atoms with Crippen LogP contribution < -0.4 is 0 Å². The van der Waals surface area contributed by atoms with Gasteiger partial charge in [0.2, 0.25) is 0 Å². The van der Waals surface area contributed by atoms with E-state index in [0.29, 0.717) is 0 Å². The maximum absolute atomic E-state index is 12.5. The molecule has 0 aromatic carbocycles. The van der Waals surface area contributed by atoms with Gasteiger partial charge in [-0.15, -0.1) is 0 Å². The molecule has 0 atom stereocenters. The van der Waals surface area contributed by atoms with Crippen LogP contribution in [0.3, 0.4) is 0 Å². The van der Waals surface area contributed by atoms with Crippen molar-refractivity contribution in [3.8, 4) is 5.75 Å². The minimum absolute atomic E-state index is 0.00644. The second-order valence-corrected chi connectivity index (χ2v) is 3.61. The standard InChI is InChI=1S/C7H5Br2F2NO/c8-1-3-5(7(10)11)6(9)4(13)2-12-3/h2,7,13H,1H2. The maximum atomic E-state index is 12.5. The molecule has 0 aliphatic heterocycles. The Balaban J connectivity index is 3.32. The molecule has 0 saturated heterocycles. The van der Waals surface area contributed by atoms with E-state index in [1.54, 1.807) is 0 Å². The van der Waals surface area contributed by atoms with E-state index < -0.39 is 6.43 Å². The molecule has 0 spiro atoms. The molecule has 2 nitrogen and oxygen atoms in total. The Labute approximate surface area is 90.2 Å². The summed E-state index contributed by atoms with van der Waals surface area (Å²) < 4.78 is 24.9. The molecule has 0 amide bonds. The maximum Gasteiger partial charge on any atom is 0.266 e. The van der Waals surface area contributed by atoms with Crippen molar-refractivity contribution in [2.75, 3.05) is 0 Å². The molecule has 0 aliphatic carbocycles. The number of pyridine rings is 1. The number of halogens is 4. The van der Waals surface area contributed by atoms with Crippen molar-refractivity contribution in [3.63, 3.8) is 0 Å². The number of aromatic hydroxyl groups is 1. The highest BCUT2D eigenvalue weighted by molar-refractivity contribution is 9.10. The van der Waals surface area contributed by atoms with Gasteiger partial charge in [0.25, 0.3) is 6.43 Å². The third kappa shape index (κ3) is 2.17. The van der Waals surface area contributed by atoms with Crippen LogP contribution >= 0.6 is 31.9 Å². The lowest BCUT2D eigenvalue weighted by molar-refractivity contribution is 0.148. The minimum Gasteiger partial charge on any atom is -0.505 e. The van der Waals surface area contributed by atoms with Gasteiger partial charge >= 0.3 is 0 Å². The average Bonchev–Trinajstić information content (AvgIpc) is 2.08. The molecule has 0 radical (unpaired) electrons. The van der Waals surface area contributed by atoms with E-state index in [1.807, 2.05) is 0 Å². The number of nitrogens with zero attached hydrogens (tertiary/aromatic N) is 1. The zero-order chi connectivity index (χ0) is 10.0. The van der Waals surface area contributed by atoms with Crippen LogP contribution in [0.15, 0.2) is 10.7 Å². The number of hydrogen-bond acceptors (Lipinski definition) is 2. The Bertz CT molecular complexity index is 320. The minimum atomic E-state index is -2.65. The highest BCUT2D eigenvalue weighted by Crippen LogP contribution is 2.35. The highest BCUT2D eigenvalue weighted by Gasteiger charge is 2.19. The molecule has 1 heterocycles. The molecule has 1 rings (SSSR count). The van der Waals surface area contributed by atoms with Gasteiger partial charge in [-0.3, -0.25) is 4.98 Å². The van der Waals surface area contributed by atoms with Crippen LogP contribution in [-0.4, -0.2) is 10.1 Å². The summed E-state index contributed by atoms with van der Waals surface area (Å²) in [5.74, 6) is -0.278. The zero-order valence-electron chi connectivity index (χ0n) is 6.27. The number of aromatic nitrogens is 1. The van der Waals surface area contributed by atoms with Crippen molar-refractivity contribution < 1.29 is 13.9 Å². The molecule has 0 aliphatic rings. The molecular weight excluding hydrogens is 312 g/mol. The van der Waals surface area contributed by atoms with Crippen molar-refractivity contribution in [2.45, 2.75) is 11.8 Å². The summed E-state index contributed by atoms with van der Waals surface area (Å²) in [5, 5.41) is 9.34. The van der Waals surface area contributed by atoms with E-state index in [2.05, 4.69) is 36.8 Å². The van der Waals surface area contributed by atoms with Crippen molar-refractivity contribution in [3.05, 3.63) is 21.9 Å². The quantitative estimate of drug-likeness (QED) is 0.848. The van der Waals surface area contributed by atoms with Crippen molar-refractivity contribution in [1.29, 1.82) is 0 Å². The number of rotatable bonds is 2. The molecule has 1 aromatic rings. The summed E-state index contributed by atoms with van der Waals surface area (Å²) in [6.07, 6.45) is -1.52. The first-order valence-corrected chi connectivity index (χ1v) is 5.19. The van der Waals surface area contributed by atoms with Crippen LogP contribution in [0.2, 0.25) is 0 Å². The van der Waals surface area contributed by atoms with E-state index in [4.69, 9.17) is 5.11 Å². The predicted molar refractivity (Wildman–Crippen MR) is 51.2 cm³/mol. The first kappa shape index (κ1) is 10.8. The fourth-order valence-electron chi connectivity index (χ4n) is 0.858. The van der Waals surface area contributed by atoms with Crippen LogP contribution in [-0.2, 0) is 5.33 Å². The van der Waals surface area contributed by atoms with Gasteiger partial charge < -0.3 is 5.11 Å². The Hall–Kier alpha value is -0.230. The smallest absolute Gasteiger partial charge is 0.266 e. The topological polar surface area (TPSA) is 33.1 Å². The van der Waals surface area contributed by atoms with Crippen molar-refractivity contribution >= 4 is 31.9 Å². The molecule has 13 heavy (non-hydrogen) atoms. The molecule has 1 N–H and O–H groups in total. The highest BCUT2D eigenvalue weighted by atomic mass is 79.9. The molecule has 1 aromatic heterocycles. The van der Waals surface area contributed by atoms with Gasteiger partial charge in [-0.1, -0.05) is 15.9 Å². The van der Waals surface area contributed by atoms with Crippen LogP contribution in [0.5, 0.6) is 5.75 Å². The summed E-state index contributed by atoms with van der Waals surface area (Å²) in [5.41, 5.74) is -0.0449. The first-order chi connectivity index (χ1) is 6.07. The third-order valence-corrected chi connectivity index (χ3v) is 2.82. The van der Waals surface area contributed by atoms with E-state index in [-0.39, 0.29) is 26.8 Å².